The maximum absolute atomic E-state index is 13.2. The molecule has 2 bridgehead atoms. The van der Waals surface area contributed by atoms with Gasteiger partial charge in [0.2, 0.25) is 6.29 Å². The zero-order valence-electron chi connectivity index (χ0n) is 13.6. The molecule has 2 aromatic rings. The first-order valence-corrected chi connectivity index (χ1v) is 8.75. The molecule has 5 rings (SSSR count). The molecule has 2 aromatic carbocycles. The number of hydrogen-bond donors (Lipinski definition) is 0. The lowest BCUT2D eigenvalue weighted by molar-refractivity contribution is -0.450. The molecule has 0 aromatic heterocycles. The molecule has 5 unspecified atom stereocenters. The van der Waals surface area contributed by atoms with Gasteiger partial charge < -0.3 is 0 Å². The molecule has 0 N–H and O–H groups in total. The van der Waals surface area contributed by atoms with Crippen molar-refractivity contribution in [1.82, 2.24) is 0 Å². The minimum absolute atomic E-state index is 0.209. The van der Waals surface area contributed by atoms with E-state index in [0.29, 0.717) is 17.4 Å². The summed E-state index contributed by atoms with van der Waals surface area (Å²) >= 11 is 0. The van der Waals surface area contributed by atoms with Crippen molar-refractivity contribution in [3.8, 4) is 0 Å². The Hall–Kier alpha value is -1.79. The molecule has 0 radical (unpaired) electrons. The average Bonchev–Trinajstić information content (AvgIpc) is 3.18. The zero-order valence-corrected chi connectivity index (χ0v) is 13.6. The number of fused-ring (bicyclic) bond motifs is 5. The van der Waals surface area contributed by atoms with Crippen LogP contribution >= 0.6 is 0 Å². The molecular weight excluding hydrogens is 323 g/mol. The maximum Gasteiger partial charge on any atom is 0.249 e. The topological polar surface area (TPSA) is 36.9 Å². The second-order valence-electron chi connectivity index (χ2n) is 7.11. The highest BCUT2D eigenvalue weighted by Gasteiger charge is 2.64. The lowest BCUT2D eigenvalue weighted by Crippen LogP contribution is -2.46. The minimum atomic E-state index is -0.841. The van der Waals surface area contributed by atoms with Crippen LogP contribution in [0, 0.1) is 17.7 Å². The zero-order chi connectivity index (χ0) is 16.9. The number of hydrogen-bond acceptors (Lipinski definition) is 4. The molecule has 0 spiro atoms. The average molecular weight is 342 g/mol. The van der Waals surface area contributed by atoms with E-state index in [4.69, 9.17) is 19.6 Å². The molecule has 3 fully saturated rings. The molecule has 5 atom stereocenters. The van der Waals surface area contributed by atoms with Gasteiger partial charge in [0, 0.05) is 5.56 Å². The predicted molar refractivity (Wildman–Crippen MR) is 86.2 cm³/mol. The van der Waals surface area contributed by atoms with Gasteiger partial charge in [0.15, 0.2) is 5.60 Å². The standard InChI is InChI=1S/C20H19FO4/c21-17-10-7-13(8-11-17)19-23-22-18-14-6-9-16(12-14)20(18,25-24-19)15-4-2-1-3-5-15/h1-5,7-8,10-11,14,16,18-19H,6,9,12H2. The second kappa shape index (κ2) is 5.88. The second-order valence-corrected chi connectivity index (χ2v) is 7.11. The molecule has 25 heavy (non-hydrogen) atoms. The smallest absolute Gasteiger partial charge is 0.226 e. The Morgan fingerprint density at radius 3 is 2.48 bits per heavy atom. The van der Waals surface area contributed by atoms with Crippen LogP contribution in [0.1, 0.15) is 36.7 Å². The minimum Gasteiger partial charge on any atom is -0.226 e. The van der Waals surface area contributed by atoms with Crippen molar-refractivity contribution in [1.29, 1.82) is 0 Å². The molecule has 1 heterocycles. The van der Waals surface area contributed by atoms with Crippen LogP contribution in [0.2, 0.25) is 0 Å². The normalized spacial score (nSPS) is 36.8. The molecule has 2 aliphatic carbocycles. The number of benzene rings is 2. The summed E-state index contributed by atoms with van der Waals surface area (Å²) in [5.74, 6) is 0.413. The Bertz CT molecular complexity index is 750. The first-order valence-electron chi connectivity index (χ1n) is 8.75. The first-order chi connectivity index (χ1) is 12.3. The van der Waals surface area contributed by atoms with Crippen molar-refractivity contribution >= 4 is 0 Å². The summed E-state index contributed by atoms with van der Waals surface area (Å²) in [6, 6.07) is 16.0. The van der Waals surface area contributed by atoms with E-state index in [1.165, 1.54) is 12.1 Å². The summed E-state index contributed by atoms with van der Waals surface area (Å²) in [5.41, 5.74) is 1.05. The third kappa shape index (κ3) is 2.34. The molecule has 3 aliphatic rings. The summed E-state index contributed by atoms with van der Waals surface area (Å²) in [4.78, 5) is 23.2. The molecule has 130 valence electrons. The van der Waals surface area contributed by atoms with Gasteiger partial charge in [-0.25, -0.2) is 14.2 Å². The van der Waals surface area contributed by atoms with Gasteiger partial charge >= 0.3 is 0 Å². The number of rotatable bonds is 2. The Morgan fingerprint density at radius 1 is 0.880 bits per heavy atom. The Labute approximate surface area is 145 Å². The van der Waals surface area contributed by atoms with Gasteiger partial charge in [-0.1, -0.05) is 42.5 Å². The van der Waals surface area contributed by atoms with Crippen LogP contribution in [0.3, 0.4) is 0 Å². The van der Waals surface area contributed by atoms with Gasteiger partial charge in [-0.2, -0.15) is 9.78 Å². The largest absolute Gasteiger partial charge is 0.249 e. The van der Waals surface area contributed by atoms with E-state index < -0.39 is 11.9 Å². The summed E-state index contributed by atoms with van der Waals surface area (Å²) in [7, 11) is 0. The van der Waals surface area contributed by atoms with E-state index in [9.17, 15) is 4.39 Å². The molecule has 4 nitrogen and oxygen atoms in total. The molecule has 2 saturated carbocycles. The SMILES string of the molecule is Fc1ccc(C2OOC3C4CCC(C4)C3(c3ccccc3)OO2)cc1. The predicted octanol–water partition coefficient (Wildman–Crippen LogP) is 4.43. The van der Waals surface area contributed by atoms with Gasteiger partial charge in [0.05, 0.1) is 0 Å². The third-order valence-electron chi connectivity index (χ3n) is 5.82. The maximum atomic E-state index is 13.2. The van der Waals surface area contributed by atoms with Crippen LogP contribution in [0.5, 0.6) is 0 Å². The highest BCUT2D eigenvalue weighted by atomic mass is 19.1. The van der Waals surface area contributed by atoms with Gasteiger partial charge in [0.25, 0.3) is 0 Å². The molecular formula is C20H19FO4. The van der Waals surface area contributed by atoms with Crippen molar-refractivity contribution in [3.63, 3.8) is 0 Å². The van der Waals surface area contributed by atoms with E-state index >= 15 is 0 Å². The summed E-state index contributed by atoms with van der Waals surface area (Å²) in [5, 5.41) is 0. The Balaban J connectivity index is 1.50. The van der Waals surface area contributed by atoms with Crippen molar-refractivity contribution in [3.05, 3.63) is 71.5 Å². The van der Waals surface area contributed by atoms with Crippen molar-refractivity contribution < 1.29 is 23.9 Å². The van der Waals surface area contributed by atoms with Crippen molar-refractivity contribution in [2.24, 2.45) is 11.8 Å². The van der Waals surface area contributed by atoms with E-state index in [2.05, 4.69) is 12.1 Å². The van der Waals surface area contributed by atoms with Crippen LogP contribution in [0.25, 0.3) is 0 Å². The summed E-state index contributed by atoms with van der Waals surface area (Å²) < 4.78 is 13.2. The molecule has 1 saturated heterocycles. The van der Waals surface area contributed by atoms with Crippen molar-refractivity contribution in [2.75, 3.05) is 0 Å². The fourth-order valence-corrected chi connectivity index (χ4v) is 4.66. The lowest BCUT2D eigenvalue weighted by Gasteiger charge is -2.39. The highest BCUT2D eigenvalue weighted by molar-refractivity contribution is 5.29. The monoisotopic (exact) mass is 342 g/mol. The Morgan fingerprint density at radius 2 is 1.68 bits per heavy atom. The van der Waals surface area contributed by atoms with Crippen LogP contribution < -0.4 is 0 Å². The quantitative estimate of drug-likeness (QED) is 0.757. The van der Waals surface area contributed by atoms with Gasteiger partial charge in [-0.05, 0) is 48.8 Å². The lowest BCUT2D eigenvalue weighted by atomic mass is 9.77. The third-order valence-corrected chi connectivity index (χ3v) is 5.82. The van der Waals surface area contributed by atoms with Crippen LogP contribution in [0.4, 0.5) is 4.39 Å². The van der Waals surface area contributed by atoms with E-state index in [-0.39, 0.29) is 11.9 Å². The molecule has 0 amide bonds. The highest BCUT2D eigenvalue weighted by Crippen LogP contribution is 2.60. The molecule has 5 heteroatoms. The van der Waals surface area contributed by atoms with Gasteiger partial charge in [0.1, 0.15) is 11.9 Å². The van der Waals surface area contributed by atoms with Gasteiger partial charge in [-0.3, -0.25) is 0 Å². The first kappa shape index (κ1) is 15.5. The van der Waals surface area contributed by atoms with Crippen LogP contribution in [0.15, 0.2) is 54.6 Å². The van der Waals surface area contributed by atoms with E-state index in [1.807, 2.05) is 18.2 Å². The van der Waals surface area contributed by atoms with Crippen molar-refractivity contribution in [2.45, 2.75) is 37.3 Å². The number of halogens is 1. The molecule has 1 aliphatic heterocycles. The van der Waals surface area contributed by atoms with Crippen LogP contribution in [-0.4, -0.2) is 6.10 Å². The fraction of sp³-hybridized carbons (Fsp3) is 0.400. The van der Waals surface area contributed by atoms with E-state index in [0.717, 1.165) is 24.8 Å². The fourth-order valence-electron chi connectivity index (χ4n) is 4.66. The summed E-state index contributed by atoms with van der Waals surface area (Å²) in [6.45, 7) is 0. The summed E-state index contributed by atoms with van der Waals surface area (Å²) in [6.07, 6.45) is 2.19. The van der Waals surface area contributed by atoms with Gasteiger partial charge in [-0.15, -0.1) is 0 Å². The Kier molecular flexibility index (Phi) is 3.64. The van der Waals surface area contributed by atoms with E-state index in [1.54, 1.807) is 12.1 Å². The van der Waals surface area contributed by atoms with Crippen LogP contribution in [-0.2, 0) is 25.2 Å².